The number of nitrogens with one attached hydrogen (secondary N) is 2. The molecule has 8 nitrogen and oxygen atoms in total. The highest BCUT2D eigenvalue weighted by Gasteiger charge is 2.28. The summed E-state index contributed by atoms with van der Waals surface area (Å²) < 4.78 is 1.60. The highest BCUT2D eigenvalue weighted by atomic mass is 35.5. The van der Waals surface area contributed by atoms with E-state index in [1.54, 1.807) is 29.9 Å². The summed E-state index contributed by atoms with van der Waals surface area (Å²) in [7, 11) is 1.74. The molecule has 0 atom stereocenters. The van der Waals surface area contributed by atoms with Crippen molar-refractivity contribution in [2.75, 3.05) is 10.6 Å². The minimum absolute atomic E-state index is 0.130. The van der Waals surface area contributed by atoms with Gasteiger partial charge in [-0.1, -0.05) is 11.6 Å². The monoisotopic (exact) mass is 485 g/mol. The lowest BCUT2D eigenvalue weighted by Gasteiger charge is -2.27. The van der Waals surface area contributed by atoms with Crippen LogP contribution >= 0.6 is 11.6 Å². The van der Waals surface area contributed by atoms with Crippen LogP contribution in [0.15, 0.2) is 53.7 Å². The zero-order valence-corrected chi connectivity index (χ0v) is 20.4. The van der Waals surface area contributed by atoms with Gasteiger partial charge in [0.1, 0.15) is 16.8 Å². The summed E-state index contributed by atoms with van der Waals surface area (Å²) in [5.41, 5.74) is 3.40. The van der Waals surface area contributed by atoms with Gasteiger partial charge in [0.15, 0.2) is 5.82 Å². The van der Waals surface area contributed by atoms with Crippen LogP contribution in [0.25, 0.3) is 10.9 Å². The number of hydrogen-bond acceptors (Lipinski definition) is 7. The van der Waals surface area contributed by atoms with Gasteiger partial charge < -0.3 is 15.2 Å². The molecular weight excluding hydrogens is 462 g/mol. The van der Waals surface area contributed by atoms with Gasteiger partial charge in [-0.3, -0.25) is 4.79 Å². The van der Waals surface area contributed by atoms with Gasteiger partial charge in [0.25, 0.3) is 5.56 Å². The van der Waals surface area contributed by atoms with Gasteiger partial charge in [0, 0.05) is 48.5 Å². The van der Waals surface area contributed by atoms with Crippen LogP contribution in [0.2, 0.25) is 5.15 Å². The van der Waals surface area contributed by atoms with Gasteiger partial charge in [0.05, 0.1) is 16.7 Å². The largest absolute Gasteiger partial charge is 0.372 e. The van der Waals surface area contributed by atoms with E-state index in [0.29, 0.717) is 23.1 Å². The molecule has 4 aromatic rings. The van der Waals surface area contributed by atoms with Crippen LogP contribution in [0.3, 0.4) is 0 Å². The highest BCUT2D eigenvalue weighted by molar-refractivity contribution is 6.31. The fourth-order valence-electron chi connectivity index (χ4n) is 4.13. The molecule has 0 bridgehead atoms. The first-order valence-corrected chi connectivity index (χ1v) is 11.7. The van der Waals surface area contributed by atoms with Crippen LogP contribution in [0.1, 0.15) is 49.6 Å². The summed E-state index contributed by atoms with van der Waals surface area (Å²) in [5.74, 6) is 1.24. The van der Waals surface area contributed by atoms with Crippen LogP contribution in [0.4, 0.5) is 17.1 Å². The Morgan fingerprint density at radius 1 is 1.11 bits per heavy atom. The Kier molecular flexibility index (Phi) is 5.65. The smallest absolute Gasteiger partial charge is 0.252 e. The Hall–Kier alpha value is -3.96. The molecule has 35 heavy (non-hydrogen) atoms. The van der Waals surface area contributed by atoms with Crippen molar-refractivity contribution in [2.24, 2.45) is 7.05 Å². The molecule has 1 aliphatic carbocycles. The summed E-state index contributed by atoms with van der Waals surface area (Å²) in [6, 6.07) is 11.0. The third-order valence-corrected chi connectivity index (χ3v) is 6.56. The van der Waals surface area contributed by atoms with Gasteiger partial charge in [-0.15, -0.1) is 0 Å². The summed E-state index contributed by atoms with van der Waals surface area (Å²) in [5, 5.41) is 17.2. The number of aromatic nitrogens is 4. The molecule has 0 aliphatic heterocycles. The topological polar surface area (TPSA) is 109 Å². The van der Waals surface area contributed by atoms with E-state index in [9.17, 15) is 10.1 Å². The maximum Gasteiger partial charge on any atom is 0.252 e. The van der Waals surface area contributed by atoms with E-state index in [1.807, 2.05) is 44.4 Å². The molecule has 0 radical (unpaired) electrons. The second-order valence-electron chi connectivity index (χ2n) is 9.31. The van der Waals surface area contributed by atoms with Gasteiger partial charge in [-0.25, -0.2) is 15.0 Å². The highest BCUT2D eigenvalue weighted by Crippen LogP contribution is 2.39. The lowest BCUT2D eigenvalue weighted by molar-refractivity contribution is 0.561. The molecule has 0 spiro atoms. The van der Waals surface area contributed by atoms with E-state index in [4.69, 9.17) is 11.6 Å². The third-order valence-electron chi connectivity index (χ3n) is 6.27. The van der Waals surface area contributed by atoms with Crippen molar-refractivity contribution in [3.8, 4) is 6.07 Å². The first-order valence-electron chi connectivity index (χ1n) is 11.3. The number of rotatable bonds is 6. The molecular formula is C26H24ClN7O. The van der Waals surface area contributed by atoms with Crippen LogP contribution in [0.5, 0.6) is 0 Å². The van der Waals surface area contributed by atoms with Crippen molar-refractivity contribution in [1.82, 2.24) is 19.5 Å². The summed E-state index contributed by atoms with van der Waals surface area (Å²) in [6.45, 7) is 3.98. The summed E-state index contributed by atoms with van der Waals surface area (Å²) in [4.78, 5) is 25.9. The van der Waals surface area contributed by atoms with Gasteiger partial charge >= 0.3 is 0 Å². The Balaban J connectivity index is 1.53. The van der Waals surface area contributed by atoms with E-state index < -0.39 is 5.54 Å². The van der Waals surface area contributed by atoms with Gasteiger partial charge in [-0.2, -0.15) is 5.26 Å². The zero-order valence-electron chi connectivity index (χ0n) is 19.6. The molecule has 1 saturated carbocycles. The minimum Gasteiger partial charge on any atom is -0.372 e. The summed E-state index contributed by atoms with van der Waals surface area (Å²) >= 11 is 6.08. The third kappa shape index (κ3) is 4.43. The number of nitrogens with zero attached hydrogens (tertiary/aromatic N) is 5. The maximum atomic E-state index is 12.7. The molecule has 9 heteroatoms. The van der Waals surface area contributed by atoms with Crippen LogP contribution in [-0.4, -0.2) is 19.5 Å². The molecule has 0 unspecified atom stereocenters. The van der Waals surface area contributed by atoms with Crippen LogP contribution in [-0.2, 0) is 12.6 Å². The Morgan fingerprint density at radius 2 is 1.86 bits per heavy atom. The summed E-state index contributed by atoms with van der Waals surface area (Å²) in [6.07, 6.45) is 7.74. The normalized spacial score (nSPS) is 13.5. The SMILES string of the molecule is Cn1c(=O)cc(NC(C)(C)c2ncc(C3CC3)cn2)c2cc(Nc3ccnc(Cl)c3C#N)ccc21. The second-order valence-corrected chi connectivity index (χ2v) is 9.67. The van der Waals surface area contributed by atoms with E-state index >= 15 is 0 Å². The molecule has 3 aromatic heterocycles. The predicted molar refractivity (Wildman–Crippen MR) is 137 cm³/mol. The Morgan fingerprint density at radius 3 is 2.54 bits per heavy atom. The maximum absolute atomic E-state index is 12.7. The lowest BCUT2D eigenvalue weighted by atomic mass is 10.0. The lowest BCUT2D eigenvalue weighted by Crippen LogP contribution is -2.31. The second kappa shape index (κ2) is 8.67. The van der Waals surface area contributed by atoms with Crippen molar-refractivity contribution in [2.45, 2.75) is 38.1 Å². The standard InChI is InChI=1S/C26H24ClN7O/c1-26(2,25-30-13-16(14-31-25)15-4-5-15)33-21-11-23(35)34(3)22-7-6-17(10-18(21)22)32-20-8-9-29-24(27)19(20)12-28/h6-11,13-15,33H,4-5H2,1-3H3,(H,29,32). The number of hydrogen-bond donors (Lipinski definition) is 2. The number of fused-ring (bicyclic) bond motifs is 1. The number of halogens is 1. The van der Waals surface area contributed by atoms with Crippen molar-refractivity contribution in [3.05, 3.63) is 81.4 Å². The van der Waals surface area contributed by atoms with Gasteiger partial charge in [-0.05, 0) is 62.4 Å². The fourth-order valence-corrected chi connectivity index (χ4v) is 4.33. The van der Waals surface area contributed by atoms with Gasteiger partial charge in [0.2, 0.25) is 0 Å². The van der Waals surface area contributed by atoms with Crippen molar-refractivity contribution in [3.63, 3.8) is 0 Å². The molecule has 176 valence electrons. The molecule has 0 saturated heterocycles. The Labute approximate surface area is 207 Å². The van der Waals surface area contributed by atoms with E-state index in [1.165, 1.54) is 18.4 Å². The molecule has 1 fully saturated rings. The molecule has 1 aromatic carbocycles. The van der Waals surface area contributed by atoms with Crippen LogP contribution < -0.4 is 16.2 Å². The zero-order chi connectivity index (χ0) is 24.7. The first-order chi connectivity index (χ1) is 16.8. The van der Waals surface area contributed by atoms with E-state index in [-0.39, 0.29) is 16.3 Å². The predicted octanol–water partition coefficient (Wildman–Crippen LogP) is 5.22. The van der Waals surface area contributed by atoms with Crippen molar-refractivity contribution >= 4 is 39.6 Å². The molecule has 3 heterocycles. The number of anilines is 3. The number of aryl methyl sites for hydroxylation is 1. The quantitative estimate of drug-likeness (QED) is 0.360. The van der Waals surface area contributed by atoms with Crippen molar-refractivity contribution < 1.29 is 0 Å². The number of pyridine rings is 2. The van der Waals surface area contributed by atoms with Crippen LogP contribution in [0, 0.1) is 11.3 Å². The fraction of sp³-hybridized carbons (Fsp3) is 0.269. The Bertz CT molecular complexity index is 1530. The number of benzene rings is 1. The molecule has 5 rings (SSSR count). The average molecular weight is 486 g/mol. The first kappa shape index (κ1) is 22.8. The molecule has 2 N–H and O–H groups in total. The minimum atomic E-state index is -0.628. The van der Waals surface area contributed by atoms with E-state index in [0.717, 1.165) is 16.6 Å². The number of nitriles is 1. The molecule has 1 aliphatic rings. The van der Waals surface area contributed by atoms with E-state index in [2.05, 4.69) is 31.7 Å². The van der Waals surface area contributed by atoms with Crippen molar-refractivity contribution in [1.29, 1.82) is 5.26 Å². The average Bonchev–Trinajstić information content (AvgIpc) is 3.68. The molecule has 0 amide bonds.